The zero-order valence-electron chi connectivity index (χ0n) is 10.3. The molecule has 0 fully saturated rings. The highest BCUT2D eigenvalue weighted by Crippen LogP contribution is 2.21. The second-order valence-electron chi connectivity index (χ2n) is 4.06. The molecule has 0 aliphatic rings. The largest absolute Gasteiger partial charge is 0.508 e. The molecule has 0 unspecified atom stereocenters. The lowest BCUT2D eigenvalue weighted by Gasteiger charge is -2.07. The Morgan fingerprint density at radius 3 is 2.61 bits per heavy atom. The first kappa shape index (κ1) is 12.2. The van der Waals surface area contributed by atoms with E-state index in [4.69, 9.17) is 4.74 Å². The number of ether oxygens (including phenoxy) is 1. The van der Waals surface area contributed by atoms with E-state index in [2.05, 4.69) is 0 Å². The van der Waals surface area contributed by atoms with Crippen LogP contribution in [-0.4, -0.2) is 18.0 Å². The number of methoxy groups -OCH3 is 1. The topological polar surface area (TPSA) is 46.5 Å². The highest BCUT2D eigenvalue weighted by molar-refractivity contribution is 6.10. The molecule has 1 N–H and O–H groups in total. The Labute approximate surface area is 106 Å². The highest BCUT2D eigenvalue weighted by Gasteiger charge is 2.12. The maximum atomic E-state index is 12.3. The van der Waals surface area contributed by atoms with Crippen LogP contribution in [0.4, 0.5) is 0 Å². The fourth-order valence-corrected chi connectivity index (χ4v) is 1.82. The van der Waals surface area contributed by atoms with Gasteiger partial charge in [0.25, 0.3) is 0 Å². The van der Waals surface area contributed by atoms with Crippen molar-refractivity contribution in [3.63, 3.8) is 0 Å². The third-order valence-electron chi connectivity index (χ3n) is 2.79. The first-order valence-corrected chi connectivity index (χ1v) is 5.60. The lowest BCUT2D eigenvalue weighted by molar-refractivity contribution is 0.103. The Balaban J connectivity index is 2.41. The summed E-state index contributed by atoms with van der Waals surface area (Å²) in [5.41, 5.74) is 1.91. The molecule has 0 amide bonds. The normalized spacial score (nSPS) is 10.1. The Kier molecular flexibility index (Phi) is 3.33. The molecule has 0 radical (unpaired) electrons. The Morgan fingerprint density at radius 2 is 1.94 bits per heavy atom. The van der Waals surface area contributed by atoms with Crippen molar-refractivity contribution >= 4 is 5.78 Å². The molecule has 3 nitrogen and oxygen atoms in total. The van der Waals surface area contributed by atoms with Crippen LogP contribution in [0.15, 0.2) is 42.5 Å². The second-order valence-corrected chi connectivity index (χ2v) is 4.06. The lowest BCUT2D eigenvalue weighted by Crippen LogP contribution is -2.03. The standard InChI is InChI=1S/C15H14O3/c1-10-8-12(16)6-7-14(10)15(17)11-4-3-5-13(9-11)18-2/h3-9,16H,1-2H3. The van der Waals surface area contributed by atoms with Gasteiger partial charge in [0, 0.05) is 11.1 Å². The van der Waals surface area contributed by atoms with Gasteiger partial charge in [-0.05, 0) is 42.8 Å². The van der Waals surface area contributed by atoms with Crippen LogP contribution in [0.1, 0.15) is 21.5 Å². The molecule has 2 aromatic rings. The van der Waals surface area contributed by atoms with Crippen molar-refractivity contribution in [1.82, 2.24) is 0 Å². The van der Waals surface area contributed by atoms with Crippen molar-refractivity contribution in [2.75, 3.05) is 7.11 Å². The molecule has 3 heteroatoms. The van der Waals surface area contributed by atoms with Crippen molar-refractivity contribution in [2.24, 2.45) is 0 Å². The summed E-state index contributed by atoms with van der Waals surface area (Å²) in [4.78, 5) is 12.3. The van der Waals surface area contributed by atoms with Crippen LogP contribution >= 0.6 is 0 Å². The van der Waals surface area contributed by atoms with E-state index >= 15 is 0 Å². The van der Waals surface area contributed by atoms with Gasteiger partial charge in [-0.2, -0.15) is 0 Å². The van der Waals surface area contributed by atoms with E-state index in [-0.39, 0.29) is 11.5 Å². The van der Waals surface area contributed by atoms with Crippen LogP contribution in [-0.2, 0) is 0 Å². The van der Waals surface area contributed by atoms with E-state index in [0.717, 1.165) is 5.56 Å². The average molecular weight is 242 g/mol. The maximum absolute atomic E-state index is 12.3. The molecule has 0 saturated carbocycles. The average Bonchev–Trinajstić information content (AvgIpc) is 2.38. The lowest BCUT2D eigenvalue weighted by atomic mass is 9.99. The summed E-state index contributed by atoms with van der Waals surface area (Å²) in [5.74, 6) is 0.735. The molecule has 0 aliphatic heterocycles. The van der Waals surface area contributed by atoms with E-state index in [9.17, 15) is 9.90 Å². The molecule has 92 valence electrons. The molecule has 2 rings (SSSR count). The summed E-state index contributed by atoms with van der Waals surface area (Å²) >= 11 is 0. The summed E-state index contributed by atoms with van der Waals surface area (Å²) in [7, 11) is 1.56. The predicted molar refractivity (Wildman–Crippen MR) is 69.3 cm³/mol. The molecule has 0 bridgehead atoms. The van der Waals surface area contributed by atoms with Gasteiger partial charge in [-0.1, -0.05) is 12.1 Å². The van der Waals surface area contributed by atoms with Crippen molar-refractivity contribution in [3.8, 4) is 11.5 Å². The van der Waals surface area contributed by atoms with Gasteiger partial charge >= 0.3 is 0 Å². The number of hydrogen-bond donors (Lipinski definition) is 1. The molecule has 0 atom stereocenters. The monoisotopic (exact) mass is 242 g/mol. The summed E-state index contributed by atoms with van der Waals surface area (Å²) < 4.78 is 5.10. The molecule has 0 spiro atoms. The van der Waals surface area contributed by atoms with Crippen LogP contribution in [0.3, 0.4) is 0 Å². The van der Waals surface area contributed by atoms with Crippen LogP contribution < -0.4 is 4.74 Å². The van der Waals surface area contributed by atoms with Gasteiger partial charge in [0.1, 0.15) is 11.5 Å². The molecular weight excluding hydrogens is 228 g/mol. The van der Waals surface area contributed by atoms with E-state index in [1.165, 1.54) is 6.07 Å². The number of aromatic hydroxyl groups is 1. The minimum Gasteiger partial charge on any atom is -0.508 e. The number of phenolic OH excluding ortho intramolecular Hbond substituents is 1. The summed E-state index contributed by atoms with van der Waals surface area (Å²) in [6.45, 7) is 1.80. The first-order chi connectivity index (χ1) is 8.61. The van der Waals surface area contributed by atoms with Crippen LogP contribution in [0.5, 0.6) is 11.5 Å². The number of phenols is 1. The van der Waals surface area contributed by atoms with E-state index in [1.807, 2.05) is 0 Å². The van der Waals surface area contributed by atoms with Crippen LogP contribution in [0, 0.1) is 6.92 Å². The number of ketones is 1. The summed E-state index contributed by atoms with van der Waals surface area (Å²) in [5, 5.41) is 9.34. The third-order valence-corrected chi connectivity index (χ3v) is 2.79. The molecule has 0 saturated heterocycles. The van der Waals surface area contributed by atoms with E-state index in [0.29, 0.717) is 16.9 Å². The van der Waals surface area contributed by atoms with E-state index < -0.39 is 0 Å². The summed E-state index contributed by atoms with van der Waals surface area (Å²) in [6.07, 6.45) is 0. The van der Waals surface area contributed by atoms with Crippen LogP contribution in [0.2, 0.25) is 0 Å². The minimum absolute atomic E-state index is 0.0774. The number of benzene rings is 2. The first-order valence-electron chi connectivity index (χ1n) is 5.60. The molecule has 0 heterocycles. The predicted octanol–water partition coefficient (Wildman–Crippen LogP) is 2.94. The van der Waals surface area contributed by atoms with Crippen LogP contribution in [0.25, 0.3) is 0 Å². The Hall–Kier alpha value is -2.29. The van der Waals surface area contributed by atoms with Gasteiger partial charge in [0.2, 0.25) is 0 Å². The number of carbonyl (C=O) groups excluding carboxylic acids is 1. The Morgan fingerprint density at radius 1 is 1.17 bits per heavy atom. The highest BCUT2D eigenvalue weighted by atomic mass is 16.5. The fourth-order valence-electron chi connectivity index (χ4n) is 1.82. The number of hydrogen-bond acceptors (Lipinski definition) is 3. The van der Waals surface area contributed by atoms with Gasteiger partial charge < -0.3 is 9.84 Å². The molecular formula is C15H14O3. The minimum atomic E-state index is -0.0774. The quantitative estimate of drug-likeness (QED) is 0.842. The van der Waals surface area contributed by atoms with Gasteiger partial charge in [-0.15, -0.1) is 0 Å². The van der Waals surface area contributed by atoms with Crippen molar-refractivity contribution in [2.45, 2.75) is 6.92 Å². The molecule has 2 aromatic carbocycles. The third kappa shape index (κ3) is 2.35. The number of aryl methyl sites for hydroxylation is 1. The number of carbonyl (C=O) groups is 1. The van der Waals surface area contributed by atoms with Crippen molar-refractivity contribution in [1.29, 1.82) is 0 Å². The molecule has 0 aliphatic carbocycles. The SMILES string of the molecule is COc1cccc(C(=O)c2ccc(O)cc2C)c1. The zero-order valence-corrected chi connectivity index (χ0v) is 10.3. The fraction of sp³-hybridized carbons (Fsp3) is 0.133. The molecule has 18 heavy (non-hydrogen) atoms. The Bertz CT molecular complexity index is 588. The molecule has 0 aromatic heterocycles. The second kappa shape index (κ2) is 4.92. The van der Waals surface area contributed by atoms with Crippen molar-refractivity contribution in [3.05, 3.63) is 59.2 Å². The smallest absolute Gasteiger partial charge is 0.193 e. The van der Waals surface area contributed by atoms with Gasteiger partial charge in [0.05, 0.1) is 7.11 Å². The number of rotatable bonds is 3. The zero-order chi connectivity index (χ0) is 13.1. The maximum Gasteiger partial charge on any atom is 0.193 e. The van der Waals surface area contributed by atoms with Gasteiger partial charge in [-0.25, -0.2) is 0 Å². The van der Waals surface area contributed by atoms with E-state index in [1.54, 1.807) is 50.4 Å². The van der Waals surface area contributed by atoms with Gasteiger partial charge in [-0.3, -0.25) is 4.79 Å². The van der Waals surface area contributed by atoms with Gasteiger partial charge in [0.15, 0.2) is 5.78 Å². The summed E-state index contributed by atoms with van der Waals surface area (Å²) in [6, 6.07) is 11.7. The van der Waals surface area contributed by atoms with Crippen molar-refractivity contribution < 1.29 is 14.6 Å².